The largest absolute Gasteiger partial charge is 0.496 e. The van der Waals surface area contributed by atoms with Crippen LogP contribution in [0.5, 0.6) is 5.75 Å². The zero-order valence-electron chi connectivity index (χ0n) is 11.9. The highest BCUT2D eigenvalue weighted by Crippen LogP contribution is 2.18. The Morgan fingerprint density at radius 1 is 1.33 bits per heavy atom. The quantitative estimate of drug-likeness (QED) is 0.871. The summed E-state index contributed by atoms with van der Waals surface area (Å²) in [5, 5.41) is 3.01. The van der Waals surface area contributed by atoms with Crippen molar-refractivity contribution in [1.29, 1.82) is 0 Å². The Labute approximate surface area is 110 Å². The normalized spacial score (nSPS) is 12.3. The molecule has 0 spiro atoms. The summed E-state index contributed by atoms with van der Waals surface area (Å²) in [5.41, 5.74) is 2.07. The number of ether oxygens (including phenoxy) is 1. The highest BCUT2D eigenvalue weighted by molar-refractivity contribution is 5.79. The van der Waals surface area contributed by atoms with Crippen LogP contribution in [0.1, 0.15) is 31.9 Å². The van der Waals surface area contributed by atoms with Gasteiger partial charge >= 0.3 is 0 Å². The Balaban J connectivity index is 2.62. The molecule has 3 heteroatoms. The molecule has 0 radical (unpaired) electrons. The van der Waals surface area contributed by atoms with Gasteiger partial charge in [0, 0.05) is 6.04 Å². The Bertz CT molecular complexity index is 413. The molecule has 0 aliphatic carbocycles. The van der Waals surface area contributed by atoms with Gasteiger partial charge in [-0.25, -0.2) is 0 Å². The number of nitrogens with one attached hydrogen (secondary N) is 1. The average molecular weight is 249 g/mol. The van der Waals surface area contributed by atoms with Crippen LogP contribution in [0.3, 0.4) is 0 Å². The second kappa shape index (κ2) is 6.43. The maximum Gasteiger partial charge on any atom is 0.224 e. The molecular formula is C15H23NO2. The van der Waals surface area contributed by atoms with Crippen molar-refractivity contribution in [3.63, 3.8) is 0 Å². The van der Waals surface area contributed by atoms with Crippen molar-refractivity contribution in [2.45, 2.75) is 40.2 Å². The zero-order valence-corrected chi connectivity index (χ0v) is 11.9. The van der Waals surface area contributed by atoms with Crippen molar-refractivity contribution < 1.29 is 9.53 Å². The first-order chi connectivity index (χ1) is 8.43. The minimum atomic E-state index is 0.0702. The lowest BCUT2D eigenvalue weighted by molar-refractivity contribution is -0.121. The molecule has 0 aliphatic rings. The molecule has 0 fully saturated rings. The van der Waals surface area contributed by atoms with Gasteiger partial charge in [0.2, 0.25) is 5.91 Å². The van der Waals surface area contributed by atoms with Crippen LogP contribution in [-0.4, -0.2) is 19.1 Å². The fourth-order valence-electron chi connectivity index (χ4n) is 1.71. The van der Waals surface area contributed by atoms with E-state index in [2.05, 4.69) is 19.2 Å². The Morgan fingerprint density at radius 2 is 2.00 bits per heavy atom. The van der Waals surface area contributed by atoms with Gasteiger partial charge in [-0.15, -0.1) is 0 Å². The van der Waals surface area contributed by atoms with E-state index in [0.717, 1.165) is 16.9 Å². The van der Waals surface area contributed by atoms with E-state index >= 15 is 0 Å². The topological polar surface area (TPSA) is 38.3 Å². The van der Waals surface area contributed by atoms with E-state index in [1.54, 1.807) is 7.11 Å². The van der Waals surface area contributed by atoms with Crippen LogP contribution in [-0.2, 0) is 11.2 Å². The third-order valence-corrected chi connectivity index (χ3v) is 3.21. The van der Waals surface area contributed by atoms with E-state index in [9.17, 15) is 4.79 Å². The lowest BCUT2D eigenvalue weighted by Gasteiger charge is -2.17. The predicted octanol–water partition coefficient (Wildman–Crippen LogP) is 2.71. The minimum absolute atomic E-state index is 0.0702. The summed E-state index contributed by atoms with van der Waals surface area (Å²) in [4.78, 5) is 11.9. The second-order valence-electron chi connectivity index (χ2n) is 5.08. The van der Waals surface area contributed by atoms with Crippen LogP contribution in [0.25, 0.3) is 0 Å². The average Bonchev–Trinajstić information content (AvgIpc) is 2.28. The van der Waals surface area contributed by atoms with Crippen LogP contribution in [0.15, 0.2) is 18.2 Å². The number of methoxy groups -OCH3 is 1. The molecule has 1 amide bonds. The highest BCUT2D eigenvalue weighted by Gasteiger charge is 2.11. The number of rotatable bonds is 5. The highest BCUT2D eigenvalue weighted by atomic mass is 16.5. The fourth-order valence-corrected chi connectivity index (χ4v) is 1.71. The first kappa shape index (κ1) is 14.6. The van der Waals surface area contributed by atoms with Crippen LogP contribution in [0, 0.1) is 12.8 Å². The molecule has 1 atom stereocenters. The smallest absolute Gasteiger partial charge is 0.224 e. The summed E-state index contributed by atoms with van der Waals surface area (Å²) < 4.78 is 5.20. The number of amides is 1. The number of carbonyl (C=O) groups is 1. The van der Waals surface area contributed by atoms with Gasteiger partial charge < -0.3 is 10.1 Å². The van der Waals surface area contributed by atoms with Gasteiger partial charge in [-0.1, -0.05) is 26.0 Å². The molecule has 0 saturated heterocycles. The molecule has 18 heavy (non-hydrogen) atoms. The van der Waals surface area contributed by atoms with Crippen LogP contribution in [0.2, 0.25) is 0 Å². The number of hydrogen-bond donors (Lipinski definition) is 1. The predicted molar refractivity (Wildman–Crippen MR) is 73.9 cm³/mol. The molecule has 1 rings (SSSR count). The van der Waals surface area contributed by atoms with E-state index < -0.39 is 0 Å². The first-order valence-corrected chi connectivity index (χ1v) is 6.37. The second-order valence-corrected chi connectivity index (χ2v) is 5.08. The van der Waals surface area contributed by atoms with Crippen molar-refractivity contribution in [2.24, 2.45) is 5.92 Å². The SMILES string of the molecule is COc1ccc(CC(=O)N[C@@H](C)C(C)C)cc1C. The molecule has 100 valence electrons. The van der Waals surface area contributed by atoms with Crippen LogP contribution in [0.4, 0.5) is 0 Å². The number of aryl methyl sites for hydroxylation is 1. The molecule has 1 N–H and O–H groups in total. The standard InChI is InChI=1S/C15H23NO2/c1-10(2)12(4)16-15(17)9-13-6-7-14(18-5)11(3)8-13/h6-8,10,12H,9H2,1-5H3,(H,16,17)/t12-/m0/s1. The van der Waals surface area contributed by atoms with E-state index in [4.69, 9.17) is 4.74 Å². The molecular weight excluding hydrogens is 226 g/mol. The van der Waals surface area contributed by atoms with Gasteiger partial charge in [-0.2, -0.15) is 0 Å². The van der Waals surface area contributed by atoms with Gasteiger partial charge in [0.25, 0.3) is 0 Å². The van der Waals surface area contributed by atoms with E-state index in [0.29, 0.717) is 12.3 Å². The number of carbonyl (C=O) groups excluding carboxylic acids is 1. The third kappa shape index (κ3) is 4.06. The number of benzene rings is 1. The summed E-state index contributed by atoms with van der Waals surface area (Å²) >= 11 is 0. The lowest BCUT2D eigenvalue weighted by Crippen LogP contribution is -2.37. The Hall–Kier alpha value is -1.51. The van der Waals surface area contributed by atoms with Crippen molar-refractivity contribution in [3.05, 3.63) is 29.3 Å². The van der Waals surface area contributed by atoms with Crippen LogP contribution < -0.4 is 10.1 Å². The summed E-state index contributed by atoms with van der Waals surface area (Å²) in [6.07, 6.45) is 0.419. The molecule has 0 aromatic heterocycles. The molecule has 1 aromatic rings. The summed E-state index contributed by atoms with van der Waals surface area (Å²) in [6, 6.07) is 6.05. The van der Waals surface area contributed by atoms with Crippen molar-refractivity contribution in [2.75, 3.05) is 7.11 Å². The summed E-state index contributed by atoms with van der Waals surface area (Å²) in [6.45, 7) is 8.21. The number of hydrogen-bond acceptors (Lipinski definition) is 2. The Kier molecular flexibility index (Phi) is 5.20. The van der Waals surface area contributed by atoms with Crippen molar-refractivity contribution >= 4 is 5.91 Å². The molecule has 0 saturated carbocycles. The molecule has 1 aromatic carbocycles. The van der Waals surface area contributed by atoms with E-state index in [-0.39, 0.29) is 11.9 Å². The monoisotopic (exact) mass is 249 g/mol. The van der Waals surface area contributed by atoms with E-state index in [1.807, 2.05) is 32.0 Å². The van der Waals surface area contributed by atoms with Crippen molar-refractivity contribution in [3.8, 4) is 5.75 Å². The van der Waals surface area contributed by atoms with Crippen molar-refractivity contribution in [1.82, 2.24) is 5.32 Å². The van der Waals surface area contributed by atoms with E-state index in [1.165, 1.54) is 0 Å². The molecule has 0 heterocycles. The molecule has 0 bridgehead atoms. The van der Waals surface area contributed by atoms with Gasteiger partial charge in [0.15, 0.2) is 0 Å². The van der Waals surface area contributed by atoms with Gasteiger partial charge in [-0.3, -0.25) is 4.79 Å². The minimum Gasteiger partial charge on any atom is -0.496 e. The van der Waals surface area contributed by atoms with Crippen LogP contribution >= 0.6 is 0 Å². The zero-order chi connectivity index (χ0) is 13.7. The van der Waals surface area contributed by atoms with Gasteiger partial charge in [0.05, 0.1) is 13.5 Å². The molecule has 3 nitrogen and oxygen atoms in total. The molecule has 0 unspecified atom stereocenters. The lowest BCUT2D eigenvalue weighted by atomic mass is 10.0. The van der Waals surface area contributed by atoms with Gasteiger partial charge in [0.1, 0.15) is 5.75 Å². The third-order valence-electron chi connectivity index (χ3n) is 3.21. The maximum atomic E-state index is 11.9. The fraction of sp³-hybridized carbons (Fsp3) is 0.533. The summed E-state index contributed by atoms with van der Waals surface area (Å²) in [5.74, 6) is 1.38. The van der Waals surface area contributed by atoms with Gasteiger partial charge in [-0.05, 0) is 37.0 Å². The first-order valence-electron chi connectivity index (χ1n) is 6.37. The molecule has 0 aliphatic heterocycles. The maximum absolute atomic E-state index is 11.9. The summed E-state index contributed by atoms with van der Waals surface area (Å²) in [7, 11) is 1.65. The Morgan fingerprint density at radius 3 is 2.50 bits per heavy atom.